The van der Waals surface area contributed by atoms with Crippen LogP contribution in [0.1, 0.15) is 45.7 Å². The first-order valence-corrected chi connectivity index (χ1v) is 8.09. The smallest absolute Gasteiger partial charge is 0.410 e. The molecule has 0 bridgehead atoms. The third kappa shape index (κ3) is 4.98. The zero-order valence-electron chi connectivity index (χ0n) is 14.3. The minimum Gasteiger partial charge on any atom is -0.444 e. The topological polar surface area (TPSA) is 58.6 Å². The van der Waals surface area contributed by atoms with Crippen LogP contribution >= 0.6 is 0 Å². The van der Waals surface area contributed by atoms with Crippen molar-refractivity contribution >= 4 is 12.0 Å². The van der Waals surface area contributed by atoms with Crippen LogP contribution < -0.4 is 5.32 Å². The van der Waals surface area contributed by atoms with Crippen LogP contribution in [0.4, 0.5) is 4.79 Å². The lowest BCUT2D eigenvalue weighted by molar-refractivity contribution is -0.125. The second-order valence-electron chi connectivity index (χ2n) is 7.05. The molecule has 2 amide bonds. The molecule has 1 aromatic carbocycles. The first kappa shape index (κ1) is 17.3. The summed E-state index contributed by atoms with van der Waals surface area (Å²) in [6.07, 6.45) is 0.330. The predicted octanol–water partition coefficient (Wildman–Crippen LogP) is 3.12. The Hall–Kier alpha value is -2.04. The predicted molar refractivity (Wildman–Crippen MR) is 88.9 cm³/mol. The van der Waals surface area contributed by atoms with Gasteiger partial charge in [-0.25, -0.2) is 4.79 Å². The van der Waals surface area contributed by atoms with E-state index in [9.17, 15) is 9.59 Å². The second kappa shape index (κ2) is 7.02. The van der Waals surface area contributed by atoms with Crippen LogP contribution in [-0.2, 0) is 9.53 Å². The quantitative estimate of drug-likeness (QED) is 0.931. The van der Waals surface area contributed by atoms with E-state index >= 15 is 0 Å². The molecule has 2 atom stereocenters. The number of hydrogen-bond acceptors (Lipinski definition) is 3. The van der Waals surface area contributed by atoms with Crippen LogP contribution in [-0.4, -0.2) is 35.6 Å². The molecule has 1 unspecified atom stereocenters. The lowest BCUT2D eigenvalue weighted by Gasteiger charge is -2.24. The van der Waals surface area contributed by atoms with Crippen molar-refractivity contribution in [2.24, 2.45) is 5.92 Å². The van der Waals surface area contributed by atoms with Gasteiger partial charge in [0.05, 0.1) is 12.0 Å². The monoisotopic (exact) mass is 318 g/mol. The van der Waals surface area contributed by atoms with Crippen molar-refractivity contribution in [1.29, 1.82) is 0 Å². The summed E-state index contributed by atoms with van der Waals surface area (Å²) < 4.78 is 5.36. The molecule has 1 aliphatic heterocycles. The standard InChI is InChI=1S/C18H26N2O3/c1-13(14-8-6-5-7-9-14)19-16(21)15-10-11-20(12-15)17(22)23-18(2,3)4/h5-9,13,15H,10-12H2,1-4H3,(H,19,21)/t13-,15?/m1/s1. The summed E-state index contributed by atoms with van der Waals surface area (Å²) in [6.45, 7) is 8.47. The van der Waals surface area contributed by atoms with E-state index in [4.69, 9.17) is 4.74 Å². The number of rotatable bonds is 3. The van der Waals surface area contributed by atoms with E-state index in [0.29, 0.717) is 19.5 Å². The second-order valence-corrected chi connectivity index (χ2v) is 7.05. The number of benzene rings is 1. The largest absolute Gasteiger partial charge is 0.444 e. The van der Waals surface area contributed by atoms with Gasteiger partial charge in [0.1, 0.15) is 5.60 Å². The molecular formula is C18H26N2O3. The number of nitrogens with one attached hydrogen (secondary N) is 1. The zero-order valence-corrected chi connectivity index (χ0v) is 14.3. The molecule has 1 aliphatic rings. The maximum Gasteiger partial charge on any atom is 0.410 e. The van der Waals surface area contributed by atoms with E-state index in [1.165, 1.54) is 0 Å². The zero-order chi connectivity index (χ0) is 17.0. The Morgan fingerprint density at radius 3 is 2.52 bits per heavy atom. The Bertz CT molecular complexity index is 551. The molecular weight excluding hydrogens is 292 g/mol. The van der Waals surface area contributed by atoms with Crippen LogP contribution in [0.5, 0.6) is 0 Å². The molecule has 1 fully saturated rings. The highest BCUT2D eigenvalue weighted by Crippen LogP contribution is 2.21. The van der Waals surface area contributed by atoms with Crippen molar-refractivity contribution in [1.82, 2.24) is 10.2 Å². The molecule has 0 aliphatic carbocycles. The number of amides is 2. The number of ether oxygens (including phenoxy) is 1. The van der Waals surface area contributed by atoms with Gasteiger partial charge in [0.2, 0.25) is 5.91 Å². The first-order chi connectivity index (χ1) is 10.8. The maximum atomic E-state index is 12.4. The van der Waals surface area contributed by atoms with Gasteiger partial charge in [0.15, 0.2) is 0 Å². The lowest BCUT2D eigenvalue weighted by atomic mass is 10.1. The Morgan fingerprint density at radius 2 is 1.91 bits per heavy atom. The fraction of sp³-hybridized carbons (Fsp3) is 0.556. The normalized spacial score (nSPS) is 19.3. The van der Waals surface area contributed by atoms with E-state index in [1.54, 1.807) is 4.90 Å². The SMILES string of the molecule is C[C@@H](NC(=O)C1CCN(C(=O)OC(C)(C)C)C1)c1ccccc1. The van der Waals surface area contributed by atoms with Crippen molar-refractivity contribution in [2.75, 3.05) is 13.1 Å². The third-order valence-corrected chi connectivity index (χ3v) is 3.87. The van der Waals surface area contributed by atoms with E-state index in [2.05, 4.69) is 5.32 Å². The molecule has 0 radical (unpaired) electrons. The Morgan fingerprint density at radius 1 is 1.26 bits per heavy atom. The van der Waals surface area contributed by atoms with Gasteiger partial charge >= 0.3 is 6.09 Å². The number of likely N-dealkylation sites (tertiary alicyclic amines) is 1. The lowest BCUT2D eigenvalue weighted by Crippen LogP contribution is -2.38. The molecule has 1 heterocycles. The van der Waals surface area contributed by atoms with Crippen molar-refractivity contribution in [2.45, 2.75) is 45.8 Å². The summed E-state index contributed by atoms with van der Waals surface area (Å²) in [6, 6.07) is 9.81. The summed E-state index contributed by atoms with van der Waals surface area (Å²) in [5, 5.41) is 3.03. The molecule has 0 saturated carbocycles. The van der Waals surface area contributed by atoms with Gasteiger partial charge in [-0.3, -0.25) is 4.79 Å². The molecule has 1 N–H and O–H groups in total. The first-order valence-electron chi connectivity index (χ1n) is 8.09. The van der Waals surface area contributed by atoms with Crippen LogP contribution in [0.15, 0.2) is 30.3 Å². The average Bonchev–Trinajstić information content (AvgIpc) is 2.96. The van der Waals surface area contributed by atoms with Gasteiger partial charge in [0, 0.05) is 13.1 Å². The maximum absolute atomic E-state index is 12.4. The van der Waals surface area contributed by atoms with E-state index in [-0.39, 0.29) is 24.0 Å². The minimum atomic E-state index is -0.515. The Labute approximate surface area is 138 Å². The van der Waals surface area contributed by atoms with Crippen LogP contribution in [0, 0.1) is 5.92 Å². The number of hydrogen-bond donors (Lipinski definition) is 1. The van der Waals surface area contributed by atoms with Crippen LogP contribution in [0.25, 0.3) is 0 Å². The molecule has 5 nitrogen and oxygen atoms in total. The highest BCUT2D eigenvalue weighted by Gasteiger charge is 2.33. The summed E-state index contributed by atoms with van der Waals surface area (Å²) in [7, 11) is 0. The van der Waals surface area contributed by atoms with Gasteiger partial charge in [-0.05, 0) is 39.7 Å². The highest BCUT2D eigenvalue weighted by molar-refractivity contribution is 5.81. The molecule has 126 valence electrons. The molecule has 5 heteroatoms. The highest BCUT2D eigenvalue weighted by atomic mass is 16.6. The fourth-order valence-electron chi connectivity index (χ4n) is 2.62. The fourth-order valence-corrected chi connectivity index (χ4v) is 2.62. The Kier molecular flexibility index (Phi) is 5.29. The number of nitrogens with zero attached hydrogens (tertiary/aromatic N) is 1. The summed E-state index contributed by atoms with van der Waals surface area (Å²) in [5.74, 6) is -0.180. The van der Waals surface area contributed by atoms with Gasteiger partial charge < -0.3 is 15.0 Å². The average molecular weight is 318 g/mol. The van der Waals surface area contributed by atoms with Crippen molar-refractivity contribution < 1.29 is 14.3 Å². The molecule has 1 aromatic rings. The number of carbonyl (C=O) groups is 2. The summed E-state index contributed by atoms with van der Waals surface area (Å²) >= 11 is 0. The minimum absolute atomic E-state index is 0.00703. The molecule has 0 aromatic heterocycles. The van der Waals surface area contributed by atoms with Gasteiger partial charge in [-0.1, -0.05) is 30.3 Å². The summed E-state index contributed by atoms with van der Waals surface area (Å²) in [5.41, 5.74) is 0.557. The van der Waals surface area contributed by atoms with Crippen molar-refractivity contribution in [3.8, 4) is 0 Å². The van der Waals surface area contributed by atoms with Gasteiger partial charge in [0.25, 0.3) is 0 Å². The molecule has 1 saturated heterocycles. The van der Waals surface area contributed by atoms with Crippen LogP contribution in [0.2, 0.25) is 0 Å². The van der Waals surface area contributed by atoms with Crippen LogP contribution in [0.3, 0.4) is 0 Å². The molecule has 23 heavy (non-hydrogen) atoms. The summed E-state index contributed by atoms with van der Waals surface area (Å²) in [4.78, 5) is 26.1. The third-order valence-electron chi connectivity index (χ3n) is 3.87. The van der Waals surface area contributed by atoms with Gasteiger partial charge in [-0.2, -0.15) is 0 Å². The van der Waals surface area contributed by atoms with E-state index in [1.807, 2.05) is 58.0 Å². The van der Waals surface area contributed by atoms with Crippen molar-refractivity contribution in [3.05, 3.63) is 35.9 Å². The molecule has 0 spiro atoms. The van der Waals surface area contributed by atoms with E-state index in [0.717, 1.165) is 5.56 Å². The molecule has 2 rings (SSSR count). The number of carbonyl (C=O) groups excluding carboxylic acids is 2. The van der Waals surface area contributed by atoms with Gasteiger partial charge in [-0.15, -0.1) is 0 Å². The Balaban J connectivity index is 1.86. The van der Waals surface area contributed by atoms with E-state index < -0.39 is 5.60 Å². The van der Waals surface area contributed by atoms with Crippen molar-refractivity contribution in [3.63, 3.8) is 0 Å².